The van der Waals surface area contributed by atoms with E-state index in [1.165, 1.54) is 0 Å². The van der Waals surface area contributed by atoms with Crippen LogP contribution in [0.2, 0.25) is 0 Å². The number of benzene rings is 2. The van der Waals surface area contributed by atoms with Crippen LogP contribution in [0.4, 0.5) is 5.69 Å². The van der Waals surface area contributed by atoms with Crippen molar-refractivity contribution in [1.82, 2.24) is 0 Å². The zero-order valence-corrected chi connectivity index (χ0v) is 13.7. The molecule has 112 valence electrons. The van der Waals surface area contributed by atoms with Gasteiger partial charge in [0.15, 0.2) is 4.51 Å². The van der Waals surface area contributed by atoms with E-state index in [-0.39, 0.29) is 5.91 Å². The summed E-state index contributed by atoms with van der Waals surface area (Å²) in [6.07, 6.45) is 2.09. The zero-order valence-electron chi connectivity index (χ0n) is 12.1. The quantitative estimate of drug-likeness (QED) is 0.805. The minimum Gasteiger partial charge on any atom is -0.374 e. The predicted molar refractivity (Wildman–Crippen MR) is 91.8 cm³/mol. The molecule has 1 unspecified atom stereocenters. The Kier molecular flexibility index (Phi) is 3.89. The van der Waals surface area contributed by atoms with Gasteiger partial charge in [0.05, 0.1) is 5.57 Å². The monoisotopic (exact) mass is 357 g/mol. The summed E-state index contributed by atoms with van der Waals surface area (Å²) in [5.41, 5.74) is 4.01. The van der Waals surface area contributed by atoms with Crippen molar-refractivity contribution in [2.75, 3.05) is 5.32 Å². The van der Waals surface area contributed by atoms with Gasteiger partial charge in [0.2, 0.25) is 0 Å². The fraction of sp³-hybridized carbons (Fsp3) is 0.167. The summed E-state index contributed by atoms with van der Waals surface area (Å²) < 4.78 is -1.35. The normalized spacial score (nSPS) is 20.0. The molecule has 0 bridgehead atoms. The molecule has 2 N–H and O–H groups in total. The molecule has 0 aliphatic heterocycles. The lowest BCUT2D eigenvalue weighted by atomic mass is 9.89. The van der Waals surface area contributed by atoms with Gasteiger partial charge in [-0.1, -0.05) is 42.5 Å². The molecule has 0 fully saturated rings. The van der Waals surface area contributed by atoms with E-state index in [4.69, 9.17) is 0 Å². The molecule has 2 aromatic carbocycles. The van der Waals surface area contributed by atoms with Crippen LogP contribution in [0.5, 0.6) is 0 Å². The molecular weight excluding hydrogens is 342 g/mol. The molecule has 1 amide bonds. The molecule has 0 heterocycles. The second-order valence-corrected chi connectivity index (χ2v) is 6.77. The number of hydrogen-bond donors (Lipinski definition) is 2. The number of aryl methyl sites for hydroxylation is 1. The number of rotatable bonds is 2. The first kappa shape index (κ1) is 15.0. The number of fused-ring (bicyclic) bond motifs is 1. The first-order valence-corrected chi connectivity index (χ1v) is 7.85. The van der Waals surface area contributed by atoms with Gasteiger partial charge in [-0.05, 0) is 51.7 Å². The van der Waals surface area contributed by atoms with Crippen LogP contribution in [-0.4, -0.2) is 15.5 Å². The predicted octanol–water partition coefficient (Wildman–Crippen LogP) is 3.66. The van der Waals surface area contributed by atoms with Crippen LogP contribution >= 0.6 is 15.9 Å². The van der Waals surface area contributed by atoms with Gasteiger partial charge in [-0.3, -0.25) is 4.79 Å². The molecular formula is C18H16BrNO2. The number of nitrogens with one attached hydrogen (secondary N) is 1. The number of amides is 1. The fourth-order valence-corrected chi connectivity index (χ4v) is 3.19. The van der Waals surface area contributed by atoms with Gasteiger partial charge in [-0.25, -0.2) is 0 Å². The molecule has 0 spiro atoms. The largest absolute Gasteiger partial charge is 0.374 e. The SMILES string of the molecule is Cc1ccccc1NC(=O)C1=Cc2ccccc2CC1(O)Br. The maximum atomic E-state index is 12.6. The molecule has 0 radical (unpaired) electrons. The van der Waals surface area contributed by atoms with Crippen LogP contribution in [0.3, 0.4) is 0 Å². The standard InChI is InChI=1S/C18H16BrNO2/c1-12-6-2-5-9-16(12)20-17(21)15-10-13-7-3-4-8-14(13)11-18(15,19)22/h2-10,22H,11H2,1H3,(H,20,21). The number of carbonyl (C=O) groups excluding carboxylic acids is 1. The molecule has 1 aliphatic rings. The summed E-state index contributed by atoms with van der Waals surface area (Å²) in [5.74, 6) is -0.303. The van der Waals surface area contributed by atoms with Gasteiger partial charge >= 0.3 is 0 Å². The van der Waals surface area contributed by atoms with Crippen molar-refractivity contribution >= 4 is 33.6 Å². The topological polar surface area (TPSA) is 49.3 Å². The van der Waals surface area contributed by atoms with E-state index in [0.29, 0.717) is 12.0 Å². The van der Waals surface area contributed by atoms with E-state index in [9.17, 15) is 9.90 Å². The van der Waals surface area contributed by atoms with Crippen molar-refractivity contribution in [1.29, 1.82) is 0 Å². The van der Waals surface area contributed by atoms with E-state index in [1.54, 1.807) is 6.08 Å². The lowest BCUT2D eigenvalue weighted by Gasteiger charge is -2.29. The molecule has 2 aromatic rings. The maximum absolute atomic E-state index is 12.6. The first-order chi connectivity index (χ1) is 10.5. The number of alkyl halides is 1. The fourth-order valence-electron chi connectivity index (χ4n) is 2.59. The van der Waals surface area contributed by atoms with Gasteiger partial charge in [-0.2, -0.15) is 0 Å². The lowest BCUT2D eigenvalue weighted by Crippen LogP contribution is -2.35. The van der Waals surface area contributed by atoms with Gasteiger partial charge in [0.1, 0.15) is 0 Å². The Balaban J connectivity index is 1.94. The zero-order chi connectivity index (χ0) is 15.7. The Hall–Kier alpha value is -1.91. The minimum atomic E-state index is -1.35. The van der Waals surface area contributed by atoms with Gasteiger partial charge in [0.25, 0.3) is 5.91 Å². The van der Waals surface area contributed by atoms with Crippen molar-refractivity contribution in [3.05, 3.63) is 70.8 Å². The van der Waals surface area contributed by atoms with E-state index in [2.05, 4.69) is 21.2 Å². The number of halogens is 1. The number of anilines is 1. The third-order valence-corrected chi connectivity index (χ3v) is 4.54. The van der Waals surface area contributed by atoms with Crippen LogP contribution in [-0.2, 0) is 11.2 Å². The molecule has 22 heavy (non-hydrogen) atoms. The highest BCUT2D eigenvalue weighted by Crippen LogP contribution is 2.36. The summed E-state index contributed by atoms with van der Waals surface area (Å²) in [6.45, 7) is 1.93. The van der Waals surface area contributed by atoms with Crippen molar-refractivity contribution in [3.63, 3.8) is 0 Å². The van der Waals surface area contributed by atoms with Gasteiger partial charge < -0.3 is 10.4 Å². The third-order valence-electron chi connectivity index (χ3n) is 3.83. The highest BCUT2D eigenvalue weighted by atomic mass is 79.9. The summed E-state index contributed by atoms with van der Waals surface area (Å²) in [4.78, 5) is 12.6. The Bertz CT molecular complexity index is 765. The Morgan fingerprint density at radius 3 is 2.64 bits per heavy atom. The Morgan fingerprint density at radius 2 is 1.86 bits per heavy atom. The third kappa shape index (κ3) is 2.85. The van der Waals surface area contributed by atoms with Crippen molar-refractivity contribution in [2.24, 2.45) is 0 Å². The molecule has 3 rings (SSSR count). The van der Waals surface area contributed by atoms with Gasteiger partial charge in [0, 0.05) is 12.1 Å². The van der Waals surface area contributed by atoms with Crippen molar-refractivity contribution in [2.45, 2.75) is 17.9 Å². The average Bonchev–Trinajstić information content (AvgIpc) is 2.48. The van der Waals surface area contributed by atoms with Crippen LogP contribution in [0.1, 0.15) is 16.7 Å². The van der Waals surface area contributed by atoms with Crippen LogP contribution in [0.25, 0.3) is 6.08 Å². The molecule has 0 saturated carbocycles. The summed E-state index contributed by atoms with van der Waals surface area (Å²) in [7, 11) is 0. The van der Waals surface area contributed by atoms with Crippen LogP contribution in [0, 0.1) is 6.92 Å². The number of aliphatic hydroxyl groups is 1. The lowest BCUT2D eigenvalue weighted by molar-refractivity contribution is -0.113. The summed E-state index contributed by atoms with van der Waals surface area (Å²) in [5, 5.41) is 13.5. The molecule has 0 saturated heterocycles. The molecule has 1 atom stereocenters. The van der Waals surface area contributed by atoms with E-state index in [1.807, 2.05) is 55.5 Å². The van der Waals surface area contributed by atoms with E-state index >= 15 is 0 Å². The summed E-state index contributed by atoms with van der Waals surface area (Å²) in [6, 6.07) is 15.3. The molecule has 0 aromatic heterocycles. The molecule has 4 heteroatoms. The highest BCUT2D eigenvalue weighted by Gasteiger charge is 2.36. The number of para-hydroxylation sites is 1. The summed E-state index contributed by atoms with van der Waals surface area (Å²) >= 11 is 3.29. The average molecular weight is 358 g/mol. The van der Waals surface area contributed by atoms with Crippen molar-refractivity contribution in [3.8, 4) is 0 Å². The molecule has 3 nitrogen and oxygen atoms in total. The first-order valence-electron chi connectivity index (χ1n) is 7.06. The second kappa shape index (κ2) is 5.71. The number of hydrogen-bond acceptors (Lipinski definition) is 2. The van der Waals surface area contributed by atoms with Gasteiger partial charge in [-0.15, -0.1) is 0 Å². The Morgan fingerprint density at radius 1 is 1.18 bits per heavy atom. The van der Waals surface area contributed by atoms with E-state index in [0.717, 1.165) is 22.4 Å². The highest BCUT2D eigenvalue weighted by molar-refractivity contribution is 9.10. The van der Waals surface area contributed by atoms with Crippen molar-refractivity contribution < 1.29 is 9.90 Å². The van der Waals surface area contributed by atoms with Crippen LogP contribution < -0.4 is 5.32 Å². The smallest absolute Gasteiger partial charge is 0.255 e. The minimum absolute atomic E-state index is 0.303. The number of carbonyl (C=O) groups is 1. The van der Waals surface area contributed by atoms with Crippen LogP contribution in [0.15, 0.2) is 54.1 Å². The maximum Gasteiger partial charge on any atom is 0.255 e. The van der Waals surface area contributed by atoms with E-state index < -0.39 is 4.51 Å². The molecule has 1 aliphatic carbocycles. The second-order valence-electron chi connectivity index (χ2n) is 5.46. The Labute approximate surface area is 137 Å².